The van der Waals surface area contributed by atoms with Crippen molar-refractivity contribution in [3.05, 3.63) is 45.4 Å². The topological polar surface area (TPSA) is 36.1 Å². The number of hydrogen-bond acceptors (Lipinski definition) is 2. The molecular weight excluding hydrogens is 248 g/mol. The third-order valence-electron chi connectivity index (χ3n) is 5.74. The van der Waals surface area contributed by atoms with Crippen molar-refractivity contribution in [2.45, 2.75) is 38.1 Å². The quantitative estimate of drug-likeness (QED) is 0.735. The summed E-state index contributed by atoms with van der Waals surface area (Å²) in [5.41, 5.74) is 4.09. The lowest BCUT2D eigenvalue weighted by Crippen LogP contribution is -2.52. The molecular formula is C17H22N2O. The van der Waals surface area contributed by atoms with Crippen molar-refractivity contribution in [3.8, 4) is 0 Å². The van der Waals surface area contributed by atoms with Crippen LogP contribution in [-0.4, -0.2) is 23.5 Å². The zero-order valence-corrected chi connectivity index (χ0v) is 12.3. The van der Waals surface area contributed by atoms with Gasteiger partial charge in [0.15, 0.2) is 0 Å². The number of rotatable bonds is 0. The first-order valence-electron chi connectivity index (χ1n) is 7.72. The van der Waals surface area contributed by atoms with Crippen LogP contribution in [0.2, 0.25) is 0 Å². The number of hydrogen-bond donors (Lipinski definition) is 1. The van der Waals surface area contributed by atoms with Crippen molar-refractivity contribution in [1.82, 2.24) is 9.88 Å². The number of pyridine rings is 1. The molecule has 2 bridgehead atoms. The Balaban J connectivity index is 2.00. The van der Waals surface area contributed by atoms with Crippen LogP contribution in [0.5, 0.6) is 0 Å². The Labute approximate surface area is 119 Å². The lowest BCUT2D eigenvalue weighted by molar-refractivity contribution is 0.0605. The molecule has 1 aromatic rings. The van der Waals surface area contributed by atoms with E-state index in [4.69, 9.17) is 0 Å². The van der Waals surface area contributed by atoms with Gasteiger partial charge < -0.3 is 4.98 Å². The highest BCUT2D eigenvalue weighted by Crippen LogP contribution is 2.55. The molecule has 1 saturated heterocycles. The van der Waals surface area contributed by atoms with Gasteiger partial charge >= 0.3 is 0 Å². The van der Waals surface area contributed by atoms with Crippen LogP contribution < -0.4 is 5.56 Å². The van der Waals surface area contributed by atoms with Crippen LogP contribution in [0.4, 0.5) is 0 Å². The maximum atomic E-state index is 11.9. The van der Waals surface area contributed by atoms with Gasteiger partial charge in [-0.25, -0.2) is 0 Å². The zero-order valence-electron chi connectivity index (χ0n) is 12.3. The Bertz CT molecular complexity index is 645. The summed E-state index contributed by atoms with van der Waals surface area (Å²) in [6.07, 6.45) is 7.25. The molecule has 3 nitrogen and oxygen atoms in total. The molecule has 106 valence electrons. The zero-order chi connectivity index (χ0) is 13.9. The highest BCUT2D eigenvalue weighted by molar-refractivity contribution is 5.40. The second-order valence-electron chi connectivity index (χ2n) is 6.89. The number of H-pyrrole nitrogens is 1. The van der Waals surface area contributed by atoms with Crippen molar-refractivity contribution in [2.75, 3.05) is 13.6 Å². The highest BCUT2D eigenvalue weighted by atomic mass is 16.1. The van der Waals surface area contributed by atoms with E-state index < -0.39 is 0 Å². The molecule has 0 aromatic carbocycles. The number of likely N-dealkylation sites (tertiary alicyclic amines) is 1. The van der Waals surface area contributed by atoms with Gasteiger partial charge in [-0.3, -0.25) is 9.69 Å². The second-order valence-corrected chi connectivity index (χ2v) is 6.89. The minimum atomic E-state index is 0.0131. The van der Waals surface area contributed by atoms with Crippen molar-refractivity contribution >= 4 is 0 Å². The first-order valence-corrected chi connectivity index (χ1v) is 7.72. The summed E-state index contributed by atoms with van der Waals surface area (Å²) < 4.78 is 0. The average molecular weight is 270 g/mol. The van der Waals surface area contributed by atoms with Gasteiger partial charge in [0.25, 0.3) is 0 Å². The number of fused-ring (bicyclic) bond motifs is 1. The van der Waals surface area contributed by atoms with Gasteiger partial charge in [-0.15, -0.1) is 0 Å². The van der Waals surface area contributed by atoms with Crippen LogP contribution in [0.3, 0.4) is 0 Å². The molecule has 2 aliphatic carbocycles. The van der Waals surface area contributed by atoms with Crippen LogP contribution in [0.25, 0.3) is 0 Å². The summed E-state index contributed by atoms with van der Waals surface area (Å²) in [5, 5.41) is 0. The Morgan fingerprint density at radius 3 is 3.10 bits per heavy atom. The van der Waals surface area contributed by atoms with Crippen molar-refractivity contribution in [3.63, 3.8) is 0 Å². The predicted molar refractivity (Wildman–Crippen MR) is 79.7 cm³/mol. The molecule has 4 rings (SSSR count). The van der Waals surface area contributed by atoms with Crippen LogP contribution in [0.15, 0.2) is 28.6 Å². The van der Waals surface area contributed by atoms with Gasteiger partial charge in [-0.1, -0.05) is 17.7 Å². The Morgan fingerprint density at radius 1 is 1.40 bits per heavy atom. The van der Waals surface area contributed by atoms with E-state index in [1.54, 1.807) is 6.07 Å². The Kier molecular flexibility index (Phi) is 2.53. The number of nitrogens with one attached hydrogen (secondary N) is 1. The monoisotopic (exact) mass is 270 g/mol. The van der Waals surface area contributed by atoms with Gasteiger partial charge in [0.1, 0.15) is 0 Å². The van der Waals surface area contributed by atoms with E-state index >= 15 is 0 Å². The summed E-state index contributed by atoms with van der Waals surface area (Å²) in [5.74, 6) is 1.30. The second kappa shape index (κ2) is 4.08. The van der Waals surface area contributed by atoms with Gasteiger partial charge in [0.2, 0.25) is 5.56 Å². The molecule has 1 aliphatic heterocycles. The summed E-state index contributed by atoms with van der Waals surface area (Å²) in [4.78, 5) is 17.6. The summed E-state index contributed by atoms with van der Waals surface area (Å²) >= 11 is 0. The summed E-state index contributed by atoms with van der Waals surface area (Å²) in [6, 6.07) is 3.75. The Morgan fingerprint density at radius 2 is 2.25 bits per heavy atom. The van der Waals surface area contributed by atoms with Gasteiger partial charge in [0.05, 0.1) is 5.54 Å². The molecule has 1 fully saturated rings. The molecule has 0 amide bonds. The largest absolute Gasteiger partial charge is 0.324 e. The van der Waals surface area contributed by atoms with E-state index in [0.717, 1.165) is 25.3 Å². The van der Waals surface area contributed by atoms with Crippen LogP contribution in [0.1, 0.15) is 37.4 Å². The van der Waals surface area contributed by atoms with Crippen LogP contribution >= 0.6 is 0 Å². The average Bonchev–Trinajstić information content (AvgIpc) is 2.74. The normalized spacial score (nSPS) is 36.0. The molecule has 0 radical (unpaired) electrons. The fraction of sp³-hybridized carbons (Fsp3) is 0.588. The van der Waals surface area contributed by atoms with E-state index in [0.29, 0.717) is 5.92 Å². The molecule has 20 heavy (non-hydrogen) atoms. The van der Waals surface area contributed by atoms with Crippen molar-refractivity contribution in [2.24, 2.45) is 11.8 Å². The van der Waals surface area contributed by atoms with Crippen LogP contribution in [0, 0.1) is 11.8 Å². The molecule has 0 spiro atoms. The molecule has 0 saturated carbocycles. The van der Waals surface area contributed by atoms with E-state index in [1.165, 1.54) is 29.7 Å². The standard InChI is InChI=1S/C17H22N2O/c1-11-8-14-12-4-3-7-19(2)17(14,10-11)16-13(9-12)5-6-15(20)18-16/h5-6,8,12,14H,3-4,7,9-10H2,1-2H3,(H,18,20). The van der Waals surface area contributed by atoms with Crippen LogP contribution in [-0.2, 0) is 12.0 Å². The van der Waals surface area contributed by atoms with Gasteiger partial charge in [-0.05, 0) is 57.7 Å². The first kappa shape index (κ1) is 12.4. The van der Waals surface area contributed by atoms with Gasteiger partial charge in [-0.2, -0.15) is 0 Å². The smallest absolute Gasteiger partial charge is 0.248 e. The van der Waals surface area contributed by atoms with Crippen molar-refractivity contribution in [1.29, 1.82) is 0 Å². The lowest BCUT2D eigenvalue weighted by Gasteiger charge is -2.48. The Hall–Kier alpha value is -1.35. The molecule has 1 aromatic heterocycles. The highest BCUT2D eigenvalue weighted by Gasteiger charge is 2.54. The third kappa shape index (κ3) is 1.47. The summed E-state index contributed by atoms with van der Waals surface area (Å²) in [7, 11) is 2.24. The van der Waals surface area contributed by atoms with E-state index in [9.17, 15) is 4.79 Å². The molecule has 2 heterocycles. The minimum Gasteiger partial charge on any atom is -0.324 e. The van der Waals surface area contributed by atoms with Gasteiger partial charge in [0, 0.05) is 17.7 Å². The fourth-order valence-electron chi connectivity index (χ4n) is 4.95. The maximum Gasteiger partial charge on any atom is 0.248 e. The molecule has 1 N–H and O–H groups in total. The number of aromatic amines is 1. The lowest BCUT2D eigenvalue weighted by atomic mass is 9.66. The molecule has 3 aliphatic rings. The SMILES string of the molecule is CC1=CC2C3CCCN(C)C2(C1)c1[nH]c(=O)ccc1C3. The number of aromatic nitrogens is 1. The third-order valence-corrected chi connectivity index (χ3v) is 5.74. The van der Waals surface area contributed by atoms with Crippen molar-refractivity contribution < 1.29 is 0 Å². The van der Waals surface area contributed by atoms with E-state index in [1.807, 2.05) is 0 Å². The first-order chi connectivity index (χ1) is 9.61. The minimum absolute atomic E-state index is 0.0131. The molecule has 3 unspecified atom stereocenters. The maximum absolute atomic E-state index is 11.9. The molecule has 3 atom stereocenters. The fourth-order valence-corrected chi connectivity index (χ4v) is 4.95. The van der Waals surface area contributed by atoms with E-state index in [-0.39, 0.29) is 11.1 Å². The van der Waals surface area contributed by atoms with E-state index in [2.05, 4.69) is 36.0 Å². The summed E-state index contributed by atoms with van der Waals surface area (Å²) in [6.45, 7) is 3.37. The molecule has 3 heteroatoms. The predicted octanol–water partition coefficient (Wildman–Crippen LogP) is 2.43. The number of nitrogens with zero attached hydrogens (tertiary/aromatic N) is 1.